The van der Waals surface area contributed by atoms with Crippen LogP contribution in [-0.2, 0) is 29.5 Å². The van der Waals surface area contributed by atoms with E-state index in [0.29, 0.717) is 5.78 Å². The van der Waals surface area contributed by atoms with Gasteiger partial charge in [0, 0.05) is 17.7 Å². The van der Waals surface area contributed by atoms with Crippen molar-refractivity contribution in [1.82, 2.24) is 4.57 Å². The number of aromatic nitrogens is 1. The Morgan fingerprint density at radius 3 is 2.07 bits per heavy atom. The number of Topliss-reactive ketones (excluding diaryl/α,β-unsaturated/α-hetero) is 1. The van der Waals surface area contributed by atoms with Crippen LogP contribution < -0.4 is 4.74 Å². The van der Waals surface area contributed by atoms with E-state index in [4.69, 9.17) is 23.9 Å². The molecule has 0 atom stereocenters. The van der Waals surface area contributed by atoms with Crippen LogP contribution in [0.2, 0.25) is 0 Å². The van der Waals surface area contributed by atoms with Crippen LogP contribution in [0.25, 0.3) is 11.3 Å². The second kappa shape index (κ2) is 11.5. The van der Waals surface area contributed by atoms with Gasteiger partial charge in [0.1, 0.15) is 11.3 Å². The van der Waals surface area contributed by atoms with Crippen LogP contribution in [0.4, 0.5) is 0 Å². The van der Waals surface area contributed by atoms with Crippen molar-refractivity contribution in [3.8, 4) is 17.0 Å². The number of carbonyl (C=O) groups excluding carboxylic acids is 5. The summed E-state index contributed by atoms with van der Waals surface area (Å²) in [4.78, 5) is 45.6. The Kier molecular flexibility index (Phi) is 9.46. The summed E-state index contributed by atoms with van der Waals surface area (Å²) in [6, 6.07) is 12.1. The fourth-order valence-corrected chi connectivity index (χ4v) is 3.93. The Balaban J connectivity index is 0.000000626. The van der Waals surface area contributed by atoms with E-state index in [-0.39, 0.29) is 18.2 Å². The summed E-state index contributed by atoms with van der Waals surface area (Å²) >= 11 is 0. The van der Waals surface area contributed by atoms with E-state index >= 15 is 0 Å². The first-order valence-electron chi connectivity index (χ1n) is 9.27. The fourth-order valence-electron chi connectivity index (χ4n) is 3.93. The predicted molar refractivity (Wildman–Crippen MR) is 103 cm³/mol. The van der Waals surface area contributed by atoms with Gasteiger partial charge < -0.3 is 9.30 Å². The monoisotopic (exact) mass is 399 g/mol. The van der Waals surface area contributed by atoms with Crippen molar-refractivity contribution in [2.24, 2.45) is 5.92 Å². The number of benzene rings is 1. The lowest BCUT2D eigenvalue weighted by atomic mass is 9.85. The van der Waals surface area contributed by atoms with Crippen LogP contribution >= 0.6 is 0 Å². The Hall–Kier alpha value is -3.27. The van der Waals surface area contributed by atoms with Crippen molar-refractivity contribution < 1.29 is 28.7 Å². The molecule has 0 aliphatic heterocycles. The summed E-state index contributed by atoms with van der Waals surface area (Å²) in [7, 11) is 1.69. The highest BCUT2D eigenvalue weighted by Crippen LogP contribution is 2.43. The molecule has 7 heteroatoms. The van der Waals surface area contributed by atoms with Gasteiger partial charge in [-0.3, -0.25) is 4.79 Å². The molecule has 154 valence electrons. The third-order valence-electron chi connectivity index (χ3n) is 5.01. The van der Waals surface area contributed by atoms with E-state index in [2.05, 4.69) is 22.9 Å². The minimum atomic E-state index is -0.395. The number of hydrogen-bond donors (Lipinski definition) is 0. The average Bonchev–Trinajstić information content (AvgIpc) is 3.38. The van der Waals surface area contributed by atoms with E-state index in [0.717, 1.165) is 42.7 Å². The lowest BCUT2D eigenvalue weighted by Gasteiger charge is -2.33. The Labute approximate surface area is 169 Å². The van der Waals surface area contributed by atoms with Crippen molar-refractivity contribution in [1.29, 1.82) is 0 Å². The van der Waals surface area contributed by atoms with Gasteiger partial charge >= 0.3 is 12.3 Å². The molecule has 29 heavy (non-hydrogen) atoms. The second-order valence-electron chi connectivity index (χ2n) is 6.89. The Bertz CT molecular complexity index is 853. The molecule has 0 amide bonds. The molecule has 0 radical (unpaired) electrons. The molecule has 0 N–H and O–H groups in total. The van der Waals surface area contributed by atoms with Gasteiger partial charge in [0.25, 0.3) is 0 Å². The summed E-state index contributed by atoms with van der Waals surface area (Å²) in [6.45, 7) is 4.02. The Morgan fingerprint density at radius 2 is 1.55 bits per heavy atom. The largest absolute Gasteiger partial charge is 0.496 e. The van der Waals surface area contributed by atoms with E-state index in [1.54, 1.807) is 7.11 Å². The maximum atomic E-state index is 13.1. The number of nitrogens with zero attached hydrogens (tertiary/aromatic N) is 1. The first kappa shape index (κ1) is 23.8. The molecule has 0 bridgehead atoms. The number of ether oxygens (including phenoxy) is 1. The molecule has 1 aromatic heterocycles. The minimum absolute atomic E-state index is 0.0426. The molecule has 1 fully saturated rings. The van der Waals surface area contributed by atoms with E-state index in [9.17, 15) is 4.79 Å². The van der Waals surface area contributed by atoms with Crippen LogP contribution in [-0.4, -0.2) is 29.8 Å². The zero-order chi connectivity index (χ0) is 21.9. The fraction of sp³-hybridized carbons (Fsp3) is 0.409. The van der Waals surface area contributed by atoms with Gasteiger partial charge in [0.15, 0.2) is 5.78 Å². The topological polar surface area (TPSA) is 99.5 Å². The van der Waals surface area contributed by atoms with Crippen LogP contribution in [0.5, 0.6) is 5.75 Å². The molecule has 7 nitrogen and oxygen atoms in total. The first-order valence-corrected chi connectivity index (χ1v) is 9.27. The van der Waals surface area contributed by atoms with Gasteiger partial charge in [0.05, 0.1) is 12.8 Å². The molecule has 1 aliphatic rings. The maximum absolute atomic E-state index is 13.1. The maximum Gasteiger partial charge on any atom is 0.373 e. The molecule has 0 unspecified atom stereocenters. The molecule has 1 aliphatic carbocycles. The van der Waals surface area contributed by atoms with E-state index < -0.39 is 5.54 Å². The number of methoxy groups -OCH3 is 1. The van der Waals surface area contributed by atoms with E-state index in [1.165, 1.54) is 0 Å². The molecule has 0 spiro atoms. The molecular formula is C22H25NO6. The first-order chi connectivity index (χ1) is 13.9. The zero-order valence-electron chi connectivity index (χ0n) is 16.8. The molecule has 0 saturated heterocycles. The minimum Gasteiger partial charge on any atom is -0.496 e. The third-order valence-corrected chi connectivity index (χ3v) is 5.01. The van der Waals surface area contributed by atoms with Crippen molar-refractivity contribution in [2.75, 3.05) is 7.11 Å². The molecule has 2 aromatic rings. The number of ketones is 1. The number of carbonyl (C=O) groups is 1. The molecule has 3 rings (SSSR count). The van der Waals surface area contributed by atoms with Crippen LogP contribution in [0.3, 0.4) is 0 Å². The third kappa shape index (κ3) is 5.38. The average molecular weight is 399 g/mol. The normalized spacial score (nSPS) is 13.8. The lowest BCUT2D eigenvalue weighted by Crippen LogP contribution is -2.41. The number of rotatable bonds is 5. The smallest absolute Gasteiger partial charge is 0.373 e. The highest BCUT2D eigenvalue weighted by molar-refractivity contribution is 5.89. The summed E-state index contributed by atoms with van der Waals surface area (Å²) in [5, 5.41) is 0. The highest BCUT2D eigenvalue weighted by atomic mass is 16.5. The summed E-state index contributed by atoms with van der Waals surface area (Å²) < 4.78 is 7.74. The molecule has 1 heterocycles. The molecular weight excluding hydrogens is 374 g/mol. The van der Waals surface area contributed by atoms with Crippen molar-refractivity contribution in [2.45, 2.75) is 45.1 Å². The second-order valence-corrected chi connectivity index (χ2v) is 6.89. The number of hydrogen-bond acceptors (Lipinski definition) is 6. The van der Waals surface area contributed by atoms with Gasteiger partial charge in [-0.15, -0.1) is 0 Å². The van der Waals surface area contributed by atoms with E-state index in [1.807, 2.05) is 38.1 Å². The summed E-state index contributed by atoms with van der Waals surface area (Å²) in [5.74, 6) is 1.24. The van der Waals surface area contributed by atoms with Crippen LogP contribution in [0.15, 0.2) is 42.6 Å². The predicted octanol–water partition coefficient (Wildman–Crippen LogP) is 3.49. The standard InChI is InChI=1S/C20H25NO2.2CO2/c1-15(2)19(22)20(12-6-7-13-20)21-14-8-10-17(21)16-9-4-5-11-18(16)23-3;2*2-1-3/h4-5,8-11,14-15H,6-7,12-13H2,1-3H3;;. The van der Waals surface area contributed by atoms with Crippen molar-refractivity contribution >= 4 is 18.1 Å². The SMILES string of the molecule is COc1ccccc1-c1cccn1C1(C(=O)C(C)C)CCCC1.O=C=O.O=C=O. The van der Waals surface area contributed by atoms with Gasteiger partial charge in [-0.1, -0.05) is 38.8 Å². The van der Waals surface area contributed by atoms with Crippen molar-refractivity contribution in [3.63, 3.8) is 0 Å². The molecule has 1 saturated carbocycles. The quantitative estimate of drug-likeness (QED) is 0.763. The lowest BCUT2D eigenvalue weighted by molar-refractivity contribution is -0.193. The number of para-hydroxylation sites is 1. The highest BCUT2D eigenvalue weighted by Gasteiger charge is 2.44. The van der Waals surface area contributed by atoms with Crippen LogP contribution in [0.1, 0.15) is 39.5 Å². The van der Waals surface area contributed by atoms with Crippen LogP contribution in [0, 0.1) is 5.92 Å². The van der Waals surface area contributed by atoms with Crippen molar-refractivity contribution in [3.05, 3.63) is 42.6 Å². The summed E-state index contributed by atoms with van der Waals surface area (Å²) in [6.07, 6.45) is 6.65. The van der Waals surface area contributed by atoms with Gasteiger partial charge in [-0.2, -0.15) is 19.2 Å². The molecule has 1 aromatic carbocycles. The van der Waals surface area contributed by atoms with Gasteiger partial charge in [0.2, 0.25) is 0 Å². The summed E-state index contributed by atoms with van der Waals surface area (Å²) in [5.41, 5.74) is 1.72. The zero-order valence-corrected chi connectivity index (χ0v) is 16.8. The van der Waals surface area contributed by atoms with Gasteiger partial charge in [-0.25, -0.2) is 0 Å². The van der Waals surface area contributed by atoms with Gasteiger partial charge in [-0.05, 0) is 37.1 Å². The Morgan fingerprint density at radius 1 is 1.00 bits per heavy atom.